The second-order valence-electron chi connectivity index (χ2n) is 8.20. The predicted molar refractivity (Wildman–Crippen MR) is 140 cm³/mol. The van der Waals surface area contributed by atoms with Crippen molar-refractivity contribution in [2.24, 2.45) is 5.92 Å². The summed E-state index contributed by atoms with van der Waals surface area (Å²) in [7, 11) is -3.74. The molecule has 1 saturated heterocycles. The Labute approximate surface area is 219 Å². The van der Waals surface area contributed by atoms with E-state index in [4.69, 9.17) is 39.5 Å². The van der Waals surface area contributed by atoms with Crippen LogP contribution in [0.2, 0.25) is 15.1 Å². The van der Waals surface area contributed by atoms with Crippen molar-refractivity contribution in [1.29, 1.82) is 0 Å². The van der Waals surface area contributed by atoms with Crippen LogP contribution in [0, 0.1) is 5.92 Å². The van der Waals surface area contributed by atoms with Gasteiger partial charge in [-0.3, -0.25) is 4.79 Å². The molecule has 35 heavy (non-hydrogen) atoms. The monoisotopic (exact) mass is 552 g/mol. The molecule has 1 amide bonds. The number of nitrogens with zero attached hydrogens (tertiary/aromatic N) is 1. The molecule has 3 aromatic carbocycles. The Kier molecular flexibility index (Phi) is 8.24. The lowest BCUT2D eigenvalue weighted by atomic mass is 9.98. The number of para-hydroxylation sites is 1. The highest BCUT2D eigenvalue weighted by Gasteiger charge is 2.33. The third-order valence-corrected chi connectivity index (χ3v) is 8.42. The molecule has 4 rings (SSSR count). The summed E-state index contributed by atoms with van der Waals surface area (Å²) in [6, 6.07) is 19.0. The van der Waals surface area contributed by atoms with Gasteiger partial charge in [-0.05, 0) is 55.3 Å². The zero-order chi connectivity index (χ0) is 25.0. The Hall–Kier alpha value is -2.29. The number of piperidine rings is 1. The maximum atomic E-state index is 13.1. The molecule has 1 unspecified atom stereocenters. The second-order valence-corrected chi connectivity index (χ2v) is 11.4. The van der Waals surface area contributed by atoms with Crippen LogP contribution >= 0.6 is 34.8 Å². The number of sulfonamides is 1. The smallest absolute Gasteiger partial charge is 0.228 e. The van der Waals surface area contributed by atoms with Crippen molar-refractivity contribution >= 4 is 56.4 Å². The third kappa shape index (κ3) is 6.48. The van der Waals surface area contributed by atoms with Crippen LogP contribution < -0.4 is 10.1 Å². The Balaban J connectivity index is 1.48. The van der Waals surface area contributed by atoms with Crippen molar-refractivity contribution in [2.45, 2.75) is 18.6 Å². The van der Waals surface area contributed by atoms with Crippen LogP contribution in [0.1, 0.15) is 18.4 Å². The van der Waals surface area contributed by atoms with Gasteiger partial charge >= 0.3 is 0 Å². The first-order valence-corrected chi connectivity index (χ1v) is 13.7. The number of carbonyl (C=O) groups excluding carboxylic acids is 1. The summed E-state index contributed by atoms with van der Waals surface area (Å²) in [6.45, 7) is 0.388. The van der Waals surface area contributed by atoms with Crippen molar-refractivity contribution < 1.29 is 17.9 Å². The SMILES string of the molecule is O=C(Nc1cc(Cl)ccc1Oc1ccccc1)C1CCCN(S(=O)(=O)Cc2c(Cl)cccc2Cl)C1. The first-order valence-electron chi connectivity index (χ1n) is 11.0. The molecular formula is C25H23Cl3N2O4S. The van der Waals surface area contributed by atoms with Crippen LogP contribution in [0.3, 0.4) is 0 Å². The largest absolute Gasteiger partial charge is 0.455 e. The van der Waals surface area contributed by atoms with Crippen LogP contribution in [0.5, 0.6) is 11.5 Å². The lowest BCUT2D eigenvalue weighted by Crippen LogP contribution is -2.44. The molecule has 6 nitrogen and oxygen atoms in total. The highest BCUT2D eigenvalue weighted by molar-refractivity contribution is 7.88. The molecule has 1 fully saturated rings. The van der Waals surface area contributed by atoms with Gasteiger partial charge < -0.3 is 10.1 Å². The van der Waals surface area contributed by atoms with E-state index in [0.29, 0.717) is 57.2 Å². The van der Waals surface area contributed by atoms with E-state index < -0.39 is 15.9 Å². The topological polar surface area (TPSA) is 75.7 Å². The lowest BCUT2D eigenvalue weighted by molar-refractivity contribution is -0.120. The molecule has 10 heteroatoms. The summed E-state index contributed by atoms with van der Waals surface area (Å²) < 4.78 is 33.5. The Morgan fingerprint density at radius 1 is 1.00 bits per heavy atom. The number of hydrogen-bond donors (Lipinski definition) is 1. The van der Waals surface area contributed by atoms with Crippen LogP contribution in [0.4, 0.5) is 5.69 Å². The van der Waals surface area contributed by atoms with Gasteiger partial charge in [-0.25, -0.2) is 12.7 Å². The standard InChI is InChI=1S/C25H23Cl3N2O4S/c26-18-11-12-24(34-19-7-2-1-3-8-19)23(14-18)29-25(31)17-6-5-13-30(15-17)35(32,33)16-20-21(27)9-4-10-22(20)28/h1-4,7-12,14,17H,5-6,13,15-16H2,(H,29,31). The molecule has 0 bridgehead atoms. The van der Waals surface area contributed by atoms with E-state index in [-0.39, 0.29) is 18.2 Å². The first-order chi connectivity index (χ1) is 16.7. The average molecular weight is 554 g/mol. The van der Waals surface area contributed by atoms with E-state index in [1.807, 2.05) is 18.2 Å². The molecule has 1 heterocycles. The fourth-order valence-electron chi connectivity index (χ4n) is 3.89. The molecule has 0 aliphatic carbocycles. The second kappa shape index (κ2) is 11.2. The van der Waals surface area contributed by atoms with Gasteiger partial charge in [0.1, 0.15) is 5.75 Å². The van der Waals surface area contributed by atoms with Crippen molar-refractivity contribution in [2.75, 3.05) is 18.4 Å². The number of ether oxygens (including phenoxy) is 1. The first kappa shape index (κ1) is 25.8. The Morgan fingerprint density at radius 2 is 1.71 bits per heavy atom. The number of anilines is 1. The van der Waals surface area contributed by atoms with Crippen LogP contribution in [0.15, 0.2) is 66.7 Å². The van der Waals surface area contributed by atoms with E-state index in [9.17, 15) is 13.2 Å². The van der Waals surface area contributed by atoms with Gasteiger partial charge in [-0.1, -0.05) is 59.1 Å². The molecular weight excluding hydrogens is 531 g/mol. The average Bonchev–Trinajstić information content (AvgIpc) is 2.84. The fourth-order valence-corrected chi connectivity index (χ4v) is 6.43. The summed E-state index contributed by atoms with van der Waals surface area (Å²) in [5, 5.41) is 3.89. The van der Waals surface area contributed by atoms with E-state index in [2.05, 4.69) is 5.32 Å². The molecule has 0 spiro atoms. The maximum absolute atomic E-state index is 13.1. The van der Waals surface area contributed by atoms with Gasteiger partial charge in [-0.15, -0.1) is 0 Å². The van der Waals surface area contributed by atoms with Crippen molar-refractivity contribution in [1.82, 2.24) is 4.31 Å². The number of halogens is 3. The highest BCUT2D eigenvalue weighted by atomic mass is 35.5. The minimum Gasteiger partial charge on any atom is -0.455 e. The quantitative estimate of drug-likeness (QED) is 0.357. The van der Waals surface area contributed by atoms with Crippen molar-refractivity contribution in [3.8, 4) is 11.5 Å². The van der Waals surface area contributed by atoms with Crippen LogP contribution in [-0.4, -0.2) is 31.7 Å². The molecule has 1 aliphatic heterocycles. The number of rotatable bonds is 7. The zero-order valence-electron chi connectivity index (χ0n) is 18.6. The number of hydrogen-bond acceptors (Lipinski definition) is 4. The molecule has 184 valence electrons. The normalized spacial score (nSPS) is 16.6. The van der Waals surface area contributed by atoms with E-state index in [1.165, 1.54) is 4.31 Å². The van der Waals surface area contributed by atoms with Gasteiger partial charge in [0.2, 0.25) is 15.9 Å². The van der Waals surface area contributed by atoms with Gasteiger partial charge in [0.25, 0.3) is 0 Å². The predicted octanol–water partition coefficient (Wildman–Crippen LogP) is 6.62. The third-order valence-electron chi connectivity index (χ3n) is 5.71. The number of benzene rings is 3. The summed E-state index contributed by atoms with van der Waals surface area (Å²) >= 11 is 18.5. The van der Waals surface area contributed by atoms with Gasteiger partial charge in [0.05, 0.1) is 17.4 Å². The molecule has 1 atom stereocenters. The van der Waals surface area contributed by atoms with Crippen molar-refractivity contribution in [3.63, 3.8) is 0 Å². The highest BCUT2D eigenvalue weighted by Crippen LogP contribution is 2.33. The number of nitrogens with one attached hydrogen (secondary N) is 1. The number of carbonyl (C=O) groups is 1. The number of amides is 1. The van der Waals surface area contributed by atoms with Gasteiger partial charge in [0.15, 0.2) is 5.75 Å². The van der Waals surface area contributed by atoms with E-state index in [1.54, 1.807) is 48.5 Å². The minimum absolute atomic E-state index is 0.0612. The molecule has 0 aromatic heterocycles. The fraction of sp³-hybridized carbons (Fsp3) is 0.240. The van der Waals surface area contributed by atoms with E-state index in [0.717, 1.165) is 0 Å². The summed E-state index contributed by atoms with van der Waals surface area (Å²) in [6.07, 6.45) is 1.11. The van der Waals surface area contributed by atoms with Crippen LogP contribution in [-0.2, 0) is 20.6 Å². The van der Waals surface area contributed by atoms with Crippen molar-refractivity contribution in [3.05, 3.63) is 87.4 Å². The molecule has 3 aromatic rings. The summed E-state index contributed by atoms with van der Waals surface area (Å²) in [5.74, 6) is -0.130. The molecule has 0 radical (unpaired) electrons. The summed E-state index contributed by atoms with van der Waals surface area (Å²) in [4.78, 5) is 13.1. The van der Waals surface area contributed by atoms with E-state index >= 15 is 0 Å². The van der Waals surface area contributed by atoms with Crippen LogP contribution in [0.25, 0.3) is 0 Å². The molecule has 0 saturated carbocycles. The Morgan fingerprint density at radius 3 is 2.43 bits per heavy atom. The minimum atomic E-state index is -3.74. The molecule has 1 aliphatic rings. The van der Waals surface area contributed by atoms with Gasteiger partial charge in [-0.2, -0.15) is 0 Å². The summed E-state index contributed by atoms with van der Waals surface area (Å²) in [5.41, 5.74) is 0.762. The Bertz CT molecular complexity index is 1300. The van der Waals surface area contributed by atoms with Gasteiger partial charge in [0, 0.05) is 33.7 Å². The molecule has 1 N–H and O–H groups in total. The zero-order valence-corrected chi connectivity index (χ0v) is 21.7. The lowest BCUT2D eigenvalue weighted by Gasteiger charge is -2.31. The maximum Gasteiger partial charge on any atom is 0.228 e.